The van der Waals surface area contributed by atoms with E-state index in [1.54, 1.807) is 0 Å². The number of hydrogen-bond donors (Lipinski definition) is 1. The second kappa shape index (κ2) is 8.81. The maximum atomic E-state index is 6.00. The molecule has 3 heterocycles. The third-order valence-electron chi connectivity index (χ3n) is 6.31. The molecule has 0 spiro atoms. The van der Waals surface area contributed by atoms with Gasteiger partial charge in [0.1, 0.15) is 11.3 Å². The zero-order chi connectivity index (χ0) is 22.0. The Balaban J connectivity index is 1.34. The van der Waals surface area contributed by atoms with E-state index in [1.807, 2.05) is 30.3 Å². The van der Waals surface area contributed by atoms with Crippen LogP contribution >= 0.6 is 0 Å². The van der Waals surface area contributed by atoms with Crippen LogP contribution in [0.4, 0.5) is 0 Å². The van der Waals surface area contributed by atoms with Crippen LogP contribution in [0.5, 0.6) is 0 Å². The number of fused-ring (bicyclic) bond motifs is 2. The lowest BCUT2D eigenvalue weighted by atomic mass is 10.1. The lowest BCUT2D eigenvalue weighted by Crippen LogP contribution is -2.23. The molecule has 33 heavy (non-hydrogen) atoms. The summed E-state index contributed by atoms with van der Waals surface area (Å²) in [5, 5.41) is 3.58. The van der Waals surface area contributed by atoms with E-state index < -0.39 is 0 Å². The summed E-state index contributed by atoms with van der Waals surface area (Å²) in [6, 6.07) is 25.1. The van der Waals surface area contributed by atoms with E-state index >= 15 is 0 Å². The van der Waals surface area contributed by atoms with E-state index in [0.29, 0.717) is 18.5 Å². The van der Waals surface area contributed by atoms with Gasteiger partial charge in [0.05, 0.1) is 17.6 Å². The van der Waals surface area contributed by atoms with Gasteiger partial charge in [0.2, 0.25) is 5.89 Å². The van der Waals surface area contributed by atoms with Gasteiger partial charge in [-0.15, -0.1) is 0 Å². The topological polar surface area (TPSA) is 65.1 Å². The highest BCUT2D eigenvalue weighted by Crippen LogP contribution is 2.31. The van der Waals surface area contributed by atoms with Crippen LogP contribution in [0, 0.1) is 0 Å². The van der Waals surface area contributed by atoms with Crippen molar-refractivity contribution in [2.45, 2.75) is 32.0 Å². The molecule has 0 atom stereocenters. The molecule has 0 radical (unpaired) electrons. The van der Waals surface area contributed by atoms with E-state index in [-0.39, 0.29) is 0 Å². The predicted molar refractivity (Wildman–Crippen MR) is 129 cm³/mol. The first-order valence-electron chi connectivity index (χ1n) is 11.5. The summed E-state index contributed by atoms with van der Waals surface area (Å²) >= 11 is 0. The lowest BCUT2D eigenvalue weighted by molar-refractivity contribution is 0.0698. The molecule has 0 bridgehead atoms. The van der Waals surface area contributed by atoms with Crippen molar-refractivity contribution in [3.8, 4) is 11.5 Å². The van der Waals surface area contributed by atoms with Gasteiger partial charge in [-0.05, 0) is 48.7 Å². The normalized spacial score (nSPS) is 14.9. The number of rotatable bonds is 6. The molecule has 1 aliphatic heterocycles. The number of oxazole rings is 1. The highest BCUT2D eigenvalue weighted by atomic mass is 16.5. The molecular weight excluding hydrogens is 412 g/mol. The molecule has 3 aromatic carbocycles. The van der Waals surface area contributed by atoms with Gasteiger partial charge in [-0.3, -0.25) is 0 Å². The fourth-order valence-corrected chi connectivity index (χ4v) is 4.67. The maximum absolute atomic E-state index is 6.00. The number of hydrogen-bond acceptors (Lipinski definition) is 5. The van der Waals surface area contributed by atoms with Crippen LogP contribution in [-0.2, 0) is 17.8 Å². The third-order valence-corrected chi connectivity index (χ3v) is 6.31. The Bertz CT molecular complexity index is 1350. The zero-order valence-corrected chi connectivity index (χ0v) is 18.4. The van der Waals surface area contributed by atoms with Crippen molar-refractivity contribution in [3.05, 3.63) is 84.2 Å². The van der Waals surface area contributed by atoms with Crippen molar-refractivity contribution in [2.75, 3.05) is 13.2 Å². The Hall–Kier alpha value is -3.48. The molecule has 1 aliphatic rings. The molecule has 1 N–H and O–H groups in total. The smallest absolute Gasteiger partial charge is 0.227 e. The van der Waals surface area contributed by atoms with Crippen LogP contribution in [0.15, 0.2) is 77.2 Å². The molecule has 6 heteroatoms. The van der Waals surface area contributed by atoms with Gasteiger partial charge < -0.3 is 19.0 Å². The number of aromatic nitrogens is 3. The van der Waals surface area contributed by atoms with E-state index in [9.17, 15) is 0 Å². The van der Waals surface area contributed by atoms with Crippen LogP contribution in [0.1, 0.15) is 30.3 Å². The molecule has 6 rings (SSSR count). The van der Waals surface area contributed by atoms with Gasteiger partial charge in [-0.1, -0.05) is 42.5 Å². The molecule has 2 aromatic heterocycles. The summed E-state index contributed by atoms with van der Waals surface area (Å²) < 4.78 is 14.0. The molecule has 0 amide bonds. The van der Waals surface area contributed by atoms with Crippen LogP contribution in [0.25, 0.3) is 33.6 Å². The highest BCUT2D eigenvalue weighted by molar-refractivity contribution is 5.83. The summed E-state index contributed by atoms with van der Waals surface area (Å²) in [4.78, 5) is 9.71. The first kappa shape index (κ1) is 20.1. The van der Waals surface area contributed by atoms with Crippen LogP contribution < -0.4 is 5.32 Å². The maximum Gasteiger partial charge on any atom is 0.227 e. The second-order valence-corrected chi connectivity index (χ2v) is 8.52. The molecule has 0 unspecified atom stereocenters. The predicted octanol–water partition coefficient (Wildman–Crippen LogP) is 5.49. The van der Waals surface area contributed by atoms with Crippen molar-refractivity contribution in [3.63, 3.8) is 0 Å². The Morgan fingerprint density at radius 3 is 2.52 bits per heavy atom. The summed E-state index contributed by atoms with van der Waals surface area (Å²) in [5.41, 5.74) is 6.00. The quantitative estimate of drug-likeness (QED) is 0.380. The first-order chi connectivity index (χ1) is 16.3. The minimum absolute atomic E-state index is 0.396. The molecule has 6 nitrogen and oxygen atoms in total. The number of nitrogens with one attached hydrogen (secondary N) is 1. The first-order valence-corrected chi connectivity index (χ1v) is 11.5. The standard InChI is InChI=1S/C27H26N4O2/c1-2-6-19(7-3-1)17-28-18-26-29-23-16-20(27-30-22-8-4-5-9-25(22)33-27)10-11-24(23)31(26)21-12-14-32-15-13-21/h1-11,16,21,28H,12-15,17-18H2. The van der Waals surface area contributed by atoms with Gasteiger partial charge in [0, 0.05) is 31.4 Å². The van der Waals surface area contributed by atoms with Gasteiger partial charge >= 0.3 is 0 Å². The van der Waals surface area contributed by atoms with Crippen molar-refractivity contribution in [1.82, 2.24) is 19.9 Å². The van der Waals surface area contributed by atoms with Gasteiger partial charge in [-0.25, -0.2) is 9.97 Å². The average Bonchev–Trinajstić information content (AvgIpc) is 3.46. The molecule has 0 aliphatic carbocycles. The Kier molecular flexibility index (Phi) is 5.38. The summed E-state index contributed by atoms with van der Waals surface area (Å²) in [7, 11) is 0. The molecular formula is C27H26N4O2. The molecule has 1 saturated heterocycles. The second-order valence-electron chi connectivity index (χ2n) is 8.52. The van der Waals surface area contributed by atoms with E-state index in [1.165, 1.54) is 5.56 Å². The number of imidazole rings is 1. The van der Waals surface area contributed by atoms with Crippen LogP contribution in [0.3, 0.4) is 0 Å². The highest BCUT2D eigenvalue weighted by Gasteiger charge is 2.22. The summed E-state index contributed by atoms with van der Waals surface area (Å²) in [6.45, 7) is 3.11. The van der Waals surface area contributed by atoms with Gasteiger partial charge in [0.25, 0.3) is 0 Å². The molecule has 1 fully saturated rings. The van der Waals surface area contributed by atoms with Crippen molar-refractivity contribution >= 4 is 22.1 Å². The SMILES string of the molecule is c1ccc(CNCc2nc3cc(-c4nc5ccccc5o4)ccc3n2C2CCOCC2)cc1. The third kappa shape index (κ3) is 4.03. The Labute approximate surface area is 192 Å². The van der Waals surface area contributed by atoms with Crippen LogP contribution in [0.2, 0.25) is 0 Å². The number of nitrogens with zero attached hydrogens (tertiary/aromatic N) is 3. The Morgan fingerprint density at radius 1 is 0.848 bits per heavy atom. The number of benzene rings is 3. The largest absolute Gasteiger partial charge is 0.436 e. The summed E-state index contributed by atoms with van der Waals surface area (Å²) in [6.07, 6.45) is 2.01. The average molecular weight is 439 g/mol. The van der Waals surface area contributed by atoms with Crippen molar-refractivity contribution < 1.29 is 9.15 Å². The van der Waals surface area contributed by atoms with E-state index in [2.05, 4.69) is 57.3 Å². The van der Waals surface area contributed by atoms with Crippen molar-refractivity contribution in [1.29, 1.82) is 0 Å². The summed E-state index contributed by atoms with van der Waals surface area (Å²) in [5.74, 6) is 1.69. The molecule has 5 aromatic rings. The van der Waals surface area contributed by atoms with Crippen molar-refractivity contribution in [2.24, 2.45) is 0 Å². The zero-order valence-electron chi connectivity index (χ0n) is 18.4. The van der Waals surface area contributed by atoms with Gasteiger partial charge in [-0.2, -0.15) is 0 Å². The lowest BCUT2D eigenvalue weighted by Gasteiger charge is -2.26. The van der Waals surface area contributed by atoms with E-state index in [0.717, 1.165) is 66.1 Å². The number of ether oxygens (including phenoxy) is 1. The monoisotopic (exact) mass is 438 g/mol. The molecule has 0 saturated carbocycles. The minimum atomic E-state index is 0.396. The van der Waals surface area contributed by atoms with Gasteiger partial charge in [0.15, 0.2) is 5.58 Å². The fourth-order valence-electron chi connectivity index (χ4n) is 4.67. The fraction of sp³-hybridized carbons (Fsp3) is 0.259. The number of para-hydroxylation sites is 2. The van der Waals surface area contributed by atoms with E-state index in [4.69, 9.17) is 14.1 Å². The van der Waals surface area contributed by atoms with Crippen LogP contribution in [-0.4, -0.2) is 27.7 Å². The molecule has 166 valence electrons. The minimum Gasteiger partial charge on any atom is -0.436 e. The Morgan fingerprint density at radius 2 is 1.67 bits per heavy atom.